The van der Waals surface area contributed by atoms with Gasteiger partial charge in [0.1, 0.15) is 0 Å². The zero-order valence-corrected chi connectivity index (χ0v) is 10.9. The molecule has 0 saturated heterocycles. The standard InChI is InChI=1S/C14H21N3O/c1-11(12-5-9-16-10-6-12)17-13(18)14(15)7-3-2-4-8-14/h5-6,9-11H,2-4,7-8,15H2,1H3,(H,17,18). The molecule has 2 rings (SSSR count). The highest BCUT2D eigenvalue weighted by atomic mass is 16.2. The summed E-state index contributed by atoms with van der Waals surface area (Å²) in [7, 11) is 0. The molecule has 1 amide bonds. The molecule has 1 fully saturated rings. The van der Waals surface area contributed by atoms with E-state index < -0.39 is 5.54 Å². The topological polar surface area (TPSA) is 68.0 Å². The highest BCUT2D eigenvalue weighted by Crippen LogP contribution is 2.26. The zero-order chi connectivity index (χ0) is 13.0. The van der Waals surface area contributed by atoms with Gasteiger partial charge in [-0.3, -0.25) is 9.78 Å². The Morgan fingerprint density at radius 1 is 1.33 bits per heavy atom. The van der Waals surface area contributed by atoms with Gasteiger partial charge in [-0.05, 0) is 37.5 Å². The lowest BCUT2D eigenvalue weighted by Gasteiger charge is -2.33. The third kappa shape index (κ3) is 2.88. The van der Waals surface area contributed by atoms with Crippen LogP contribution >= 0.6 is 0 Å². The summed E-state index contributed by atoms with van der Waals surface area (Å²) >= 11 is 0. The molecule has 0 aromatic carbocycles. The number of hydrogen-bond donors (Lipinski definition) is 2. The van der Waals surface area contributed by atoms with Crippen LogP contribution in [-0.2, 0) is 4.79 Å². The molecule has 3 N–H and O–H groups in total. The molecule has 4 nitrogen and oxygen atoms in total. The summed E-state index contributed by atoms with van der Waals surface area (Å²) in [6.45, 7) is 1.97. The number of carbonyl (C=O) groups is 1. The van der Waals surface area contributed by atoms with E-state index in [1.165, 1.54) is 6.42 Å². The molecule has 4 heteroatoms. The normalized spacial score (nSPS) is 20.1. The summed E-state index contributed by atoms with van der Waals surface area (Å²) in [5.41, 5.74) is 6.59. The maximum Gasteiger partial charge on any atom is 0.240 e. The Balaban J connectivity index is 1.98. The third-order valence-electron chi connectivity index (χ3n) is 3.75. The van der Waals surface area contributed by atoms with Crippen LogP contribution in [0.2, 0.25) is 0 Å². The molecule has 0 aliphatic heterocycles. The van der Waals surface area contributed by atoms with Gasteiger partial charge in [0, 0.05) is 12.4 Å². The fourth-order valence-corrected chi connectivity index (χ4v) is 2.49. The third-order valence-corrected chi connectivity index (χ3v) is 3.75. The van der Waals surface area contributed by atoms with Gasteiger partial charge < -0.3 is 11.1 Å². The quantitative estimate of drug-likeness (QED) is 0.857. The van der Waals surface area contributed by atoms with Crippen molar-refractivity contribution < 1.29 is 4.79 Å². The van der Waals surface area contributed by atoms with Crippen LogP contribution in [0.15, 0.2) is 24.5 Å². The molecule has 1 heterocycles. The second-order valence-electron chi connectivity index (χ2n) is 5.19. The Morgan fingerprint density at radius 3 is 2.56 bits per heavy atom. The summed E-state index contributed by atoms with van der Waals surface area (Å²) < 4.78 is 0. The number of nitrogens with zero attached hydrogens (tertiary/aromatic N) is 1. The molecule has 1 atom stereocenters. The summed E-state index contributed by atoms with van der Waals surface area (Å²) in [4.78, 5) is 16.2. The highest BCUT2D eigenvalue weighted by Gasteiger charge is 2.35. The average Bonchev–Trinajstić information content (AvgIpc) is 2.40. The first-order valence-corrected chi connectivity index (χ1v) is 6.62. The van der Waals surface area contributed by atoms with Crippen molar-refractivity contribution in [1.82, 2.24) is 10.3 Å². The molecule has 1 aromatic heterocycles. The minimum atomic E-state index is -0.667. The van der Waals surface area contributed by atoms with Crippen molar-refractivity contribution in [3.05, 3.63) is 30.1 Å². The van der Waals surface area contributed by atoms with Crippen LogP contribution in [0.5, 0.6) is 0 Å². The first kappa shape index (κ1) is 13.0. The van der Waals surface area contributed by atoms with Crippen molar-refractivity contribution in [3.8, 4) is 0 Å². The molecule has 1 aliphatic carbocycles. The maximum atomic E-state index is 12.3. The number of pyridine rings is 1. The van der Waals surface area contributed by atoms with E-state index in [4.69, 9.17) is 5.73 Å². The lowest BCUT2D eigenvalue weighted by atomic mass is 9.81. The Labute approximate surface area is 108 Å². The van der Waals surface area contributed by atoms with Gasteiger partial charge in [-0.15, -0.1) is 0 Å². The van der Waals surface area contributed by atoms with E-state index in [1.807, 2.05) is 19.1 Å². The molecule has 1 aliphatic rings. The van der Waals surface area contributed by atoms with Crippen LogP contribution in [0.3, 0.4) is 0 Å². The summed E-state index contributed by atoms with van der Waals surface area (Å²) in [6, 6.07) is 3.80. The number of amides is 1. The number of carbonyl (C=O) groups excluding carboxylic acids is 1. The molecular weight excluding hydrogens is 226 g/mol. The van der Waals surface area contributed by atoms with Gasteiger partial charge in [0.05, 0.1) is 11.6 Å². The van der Waals surface area contributed by atoms with E-state index in [2.05, 4.69) is 10.3 Å². The number of nitrogens with two attached hydrogens (primary N) is 1. The van der Waals surface area contributed by atoms with E-state index in [9.17, 15) is 4.79 Å². The lowest BCUT2D eigenvalue weighted by Crippen LogP contribution is -2.55. The van der Waals surface area contributed by atoms with Crippen LogP contribution < -0.4 is 11.1 Å². The largest absolute Gasteiger partial charge is 0.348 e. The predicted molar refractivity (Wildman–Crippen MR) is 70.8 cm³/mol. The van der Waals surface area contributed by atoms with Gasteiger partial charge in [-0.1, -0.05) is 19.3 Å². The predicted octanol–water partition coefficient (Wildman–Crippen LogP) is 1.92. The first-order valence-electron chi connectivity index (χ1n) is 6.62. The molecule has 98 valence electrons. The zero-order valence-electron chi connectivity index (χ0n) is 10.9. The molecule has 1 saturated carbocycles. The first-order chi connectivity index (χ1) is 8.62. The SMILES string of the molecule is CC(NC(=O)C1(N)CCCCC1)c1ccncc1. The maximum absolute atomic E-state index is 12.3. The smallest absolute Gasteiger partial charge is 0.240 e. The molecule has 0 spiro atoms. The minimum Gasteiger partial charge on any atom is -0.348 e. The second kappa shape index (κ2) is 5.48. The van der Waals surface area contributed by atoms with Crippen LogP contribution in [0.25, 0.3) is 0 Å². The Bertz CT molecular complexity index is 399. The Hall–Kier alpha value is -1.42. The molecule has 18 heavy (non-hydrogen) atoms. The van der Waals surface area contributed by atoms with Crippen molar-refractivity contribution in [1.29, 1.82) is 0 Å². The molecule has 0 bridgehead atoms. The van der Waals surface area contributed by atoms with Crippen LogP contribution in [0.1, 0.15) is 50.6 Å². The van der Waals surface area contributed by atoms with Gasteiger partial charge in [-0.2, -0.15) is 0 Å². The van der Waals surface area contributed by atoms with Gasteiger partial charge in [0.15, 0.2) is 0 Å². The number of rotatable bonds is 3. The Morgan fingerprint density at radius 2 is 1.94 bits per heavy atom. The van der Waals surface area contributed by atoms with E-state index in [0.717, 1.165) is 31.2 Å². The van der Waals surface area contributed by atoms with Crippen molar-refractivity contribution in [2.75, 3.05) is 0 Å². The van der Waals surface area contributed by atoms with Gasteiger partial charge in [0.2, 0.25) is 5.91 Å². The number of hydrogen-bond acceptors (Lipinski definition) is 3. The Kier molecular flexibility index (Phi) is 3.97. The number of aromatic nitrogens is 1. The van der Waals surface area contributed by atoms with Crippen molar-refractivity contribution >= 4 is 5.91 Å². The molecule has 1 unspecified atom stereocenters. The van der Waals surface area contributed by atoms with E-state index in [1.54, 1.807) is 12.4 Å². The fourth-order valence-electron chi connectivity index (χ4n) is 2.49. The minimum absolute atomic E-state index is 0.0217. The van der Waals surface area contributed by atoms with Crippen LogP contribution in [0.4, 0.5) is 0 Å². The van der Waals surface area contributed by atoms with E-state index >= 15 is 0 Å². The summed E-state index contributed by atoms with van der Waals surface area (Å²) in [6.07, 6.45) is 8.34. The average molecular weight is 247 g/mol. The van der Waals surface area contributed by atoms with Gasteiger partial charge in [-0.25, -0.2) is 0 Å². The van der Waals surface area contributed by atoms with Gasteiger partial charge >= 0.3 is 0 Å². The molecular formula is C14H21N3O. The van der Waals surface area contributed by atoms with Gasteiger partial charge in [0.25, 0.3) is 0 Å². The van der Waals surface area contributed by atoms with Crippen LogP contribution in [0, 0.1) is 0 Å². The van der Waals surface area contributed by atoms with Crippen molar-refractivity contribution in [2.24, 2.45) is 5.73 Å². The fraction of sp³-hybridized carbons (Fsp3) is 0.571. The second-order valence-corrected chi connectivity index (χ2v) is 5.19. The lowest BCUT2D eigenvalue weighted by molar-refractivity contribution is -0.128. The highest BCUT2D eigenvalue weighted by molar-refractivity contribution is 5.86. The summed E-state index contributed by atoms with van der Waals surface area (Å²) in [5.74, 6) is -0.0217. The summed E-state index contributed by atoms with van der Waals surface area (Å²) in [5, 5.41) is 3.01. The molecule has 0 radical (unpaired) electrons. The van der Waals surface area contributed by atoms with Crippen molar-refractivity contribution in [2.45, 2.75) is 50.6 Å². The monoisotopic (exact) mass is 247 g/mol. The number of nitrogens with one attached hydrogen (secondary N) is 1. The van der Waals surface area contributed by atoms with Crippen molar-refractivity contribution in [3.63, 3.8) is 0 Å². The van der Waals surface area contributed by atoms with E-state index in [-0.39, 0.29) is 11.9 Å². The molecule has 1 aromatic rings. The van der Waals surface area contributed by atoms with E-state index in [0.29, 0.717) is 0 Å². The van der Waals surface area contributed by atoms with Crippen LogP contribution in [-0.4, -0.2) is 16.4 Å².